The minimum absolute atomic E-state index is 0.0614. The number of halogens is 1. The van der Waals surface area contributed by atoms with E-state index in [0.717, 1.165) is 11.1 Å². The summed E-state index contributed by atoms with van der Waals surface area (Å²) in [4.78, 5) is 10.7. The van der Waals surface area contributed by atoms with Crippen LogP contribution in [-0.4, -0.2) is 17.7 Å². The first-order chi connectivity index (χ1) is 11.5. The summed E-state index contributed by atoms with van der Waals surface area (Å²) in [7, 11) is 0. The molecule has 122 valence electrons. The molecule has 0 unspecified atom stereocenters. The molecule has 0 fully saturated rings. The van der Waals surface area contributed by atoms with Crippen molar-refractivity contribution in [2.75, 3.05) is 6.61 Å². The lowest BCUT2D eigenvalue weighted by Gasteiger charge is -2.07. The maximum atomic E-state index is 10.7. The van der Waals surface area contributed by atoms with E-state index in [9.17, 15) is 4.79 Å². The zero-order valence-electron chi connectivity index (χ0n) is 13.3. The van der Waals surface area contributed by atoms with Crippen molar-refractivity contribution in [1.29, 1.82) is 0 Å². The Kier molecular flexibility index (Phi) is 6.48. The Morgan fingerprint density at radius 3 is 2.67 bits per heavy atom. The van der Waals surface area contributed by atoms with Crippen LogP contribution in [0.4, 0.5) is 0 Å². The molecule has 0 amide bonds. The summed E-state index contributed by atoms with van der Waals surface area (Å²) in [5, 5.41) is 9.17. The minimum Gasteiger partial charge on any atom is -0.488 e. The van der Waals surface area contributed by atoms with Crippen LogP contribution in [0.15, 0.2) is 60.2 Å². The first-order valence-corrected chi connectivity index (χ1v) is 7.79. The van der Waals surface area contributed by atoms with Gasteiger partial charge in [0.25, 0.3) is 0 Å². The largest absolute Gasteiger partial charge is 0.488 e. The number of allylic oxidation sites excluding steroid dienone is 1. The molecule has 0 heterocycles. The summed E-state index contributed by atoms with van der Waals surface area (Å²) in [5.41, 5.74) is 2.50. The van der Waals surface area contributed by atoms with Crippen molar-refractivity contribution in [3.63, 3.8) is 0 Å². The van der Waals surface area contributed by atoms with Crippen LogP contribution in [-0.2, 0) is 11.2 Å². The molecule has 0 spiro atoms. The first-order valence-electron chi connectivity index (χ1n) is 7.41. The highest BCUT2D eigenvalue weighted by atomic mass is 35.5. The van der Waals surface area contributed by atoms with Gasteiger partial charge in [0, 0.05) is 5.56 Å². The number of benzene rings is 2. The Morgan fingerprint density at radius 2 is 2.00 bits per heavy atom. The molecule has 0 radical (unpaired) electrons. The number of carboxylic acids is 1. The number of ether oxygens (including phenoxy) is 1. The Balaban J connectivity index is 1.93. The highest BCUT2D eigenvalue weighted by Crippen LogP contribution is 2.25. The van der Waals surface area contributed by atoms with Gasteiger partial charge in [-0.3, -0.25) is 4.79 Å². The first kappa shape index (κ1) is 17.7. The molecule has 0 saturated carbocycles. The fourth-order valence-corrected chi connectivity index (χ4v) is 2.20. The van der Waals surface area contributed by atoms with Crippen LogP contribution < -0.4 is 4.74 Å². The van der Waals surface area contributed by atoms with Crippen molar-refractivity contribution in [1.82, 2.24) is 0 Å². The van der Waals surface area contributed by atoms with Crippen molar-refractivity contribution in [3.8, 4) is 17.6 Å². The predicted molar refractivity (Wildman–Crippen MR) is 95.4 cm³/mol. The van der Waals surface area contributed by atoms with E-state index in [1.54, 1.807) is 18.2 Å². The van der Waals surface area contributed by atoms with Crippen molar-refractivity contribution in [2.45, 2.75) is 13.3 Å². The summed E-state index contributed by atoms with van der Waals surface area (Å²) < 4.78 is 5.60. The Labute approximate surface area is 146 Å². The third kappa shape index (κ3) is 5.83. The molecule has 3 nitrogen and oxygen atoms in total. The van der Waals surface area contributed by atoms with Crippen LogP contribution in [0.5, 0.6) is 5.75 Å². The van der Waals surface area contributed by atoms with E-state index in [2.05, 4.69) is 11.8 Å². The molecule has 2 aromatic carbocycles. The second-order valence-corrected chi connectivity index (χ2v) is 5.56. The van der Waals surface area contributed by atoms with Gasteiger partial charge in [0.05, 0.1) is 11.4 Å². The molecule has 4 heteroatoms. The van der Waals surface area contributed by atoms with Gasteiger partial charge in [0.2, 0.25) is 0 Å². The van der Waals surface area contributed by atoms with E-state index in [1.807, 2.05) is 43.3 Å². The van der Waals surface area contributed by atoms with Gasteiger partial charge >= 0.3 is 5.97 Å². The lowest BCUT2D eigenvalue weighted by molar-refractivity contribution is -0.136. The Hall–Kier alpha value is -2.70. The topological polar surface area (TPSA) is 46.5 Å². The van der Waals surface area contributed by atoms with Crippen LogP contribution in [0.3, 0.4) is 0 Å². The monoisotopic (exact) mass is 340 g/mol. The molecule has 0 aliphatic heterocycles. The van der Waals surface area contributed by atoms with Crippen molar-refractivity contribution in [3.05, 3.63) is 76.3 Å². The molecule has 0 atom stereocenters. The van der Waals surface area contributed by atoms with Gasteiger partial charge in [0.15, 0.2) is 0 Å². The molecule has 0 aliphatic carbocycles. The van der Waals surface area contributed by atoms with Gasteiger partial charge in [-0.15, -0.1) is 0 Å². The molecule has 0 aromatic heterocycles. The molecule has 1 N–H and O–H groups in total. The summed E-state index contributed by atoms with van der Waals surface area (Å²) in [6.45, 7) is 2.25. The summed E-state index contributed by atoms with van der Waals surface area (Å²) in [6, 6.07) is 14.7. The Bertz CT molecular complexity index is 799. The smallest absolute Gasteiger partial charge is 0.307 e. The van der Waals surface area contributed by atoms with Crippen molar-refractivity contribution in [2.24, 2.45) is 0 Å². The second kappa shape index (κ2) is 8.81. The van der Waals surface area contributed by atoms with Crippen molar-refractivity contribution >= 4 is 17.6 Å². The predicted octanol–water partition coefficient (Wildman–Crippen LogP) is 4.34. The molecule has 2 aromatic rings. The van der Waals surface area contributed by atoms with E-state index < -0.39 is 5.97 Å². The van der Waals surface area contributed by atoms with Gasteiger partial charge in [-0.2, -0.15) is 0 Å². The SMILES string of the molecule is CC(C#Cc1ccccc1)=CCOc1ccc(CC(=O)O)cc1Cl. The number of aliphatic carboxylic acids is 1. The molecule has 24 heavy (non-hydrogen) atoms. The number of carboxylic acid groups (broad SMARTS) is 1. The lowest BCUT2D eigenvalue weighted by Crippen LogP contribution is -2.01. The summed E-state index contributed by atoms with van der Waals surface area (Å²) in [6.07, 6.45) is 1.81. The van der Waals surface area contributed by atoms with Crippen LogP contribution in [0.1, 0.15) is 18.1 Å². The summed E-state index contributed by atoms with van der Waals surface area (Å²) in [5.74, 6) is 5.76. The van der Waals surface area contributed by atoms with E-state index >= 15 is 0 Å². The third-order valence-corrected chi connectivity index (χ3v) is 3.45. The number of hydrogen-bond acceptors (Lipinski definition) is 2. The molecule has 0 saturated heterocycles. The van der Waals surface area contributed by atoms with Gasteiger partial charge in [0.1, 0.15) is 12.4 Å². The minimum atomic E-state index is -0.893. The average molecular weight is 341 g/mol. The number of rotatable bonds is 5. The average Bonchev–Trinajstić information content (AvgIpc) is 2.55. The Morgan fingerprint density at radius 1 is 1.25 bits per heavy atom. The molecular weight excluding hydrogens is 324 g/mol. The highest BCUT2D eigenvalue weighted by molar-refractivity contribution is 6.32. The maximum absolute atomic E-state index is 10.7. The number of hydrogen-bond donors (Lipinski definition) is 1. The van der Waals surface area contributed by atoms with E-state index in [0.29, 0.717) is 22.9 Å². The lowest BCUT2D eigenvalue weighted by atomic mass is 10.1. The quantitative estimate of drug-likeness (QED) is 0.823. The zero-order chi connectivity index (χ0) is 17.4. The molecular formula is C20H17ClO3. The van der Waals surface area contributed by atoms with Crippen LogP contribution in [0.2, 0.25) is 5.02 Å². The molecule has 0 bridgehead atoms. The van der Waals surface area contributed by atoms with Crippen LogP contribution in [0, 0.1) is 11.8 Å². The van der Waals surface area contributed by atoms with Gasteiger partial charge < -0.3 is 9.84 Å². The van der Waals surface area contributed by atoms with Crippen LogP contribution in [0.25, 0.3) is 0 Å². The standard InChI is InChI=1S/C20H17ClO3/c1-15(7-8-16-5-3-2-4-6-16)11-12-24-19-10-9-17(13-18(19)21)14-20(22)23/h2-6,9-11,13H,12,14H2,1H3,(H,22,23). The van der Waals surface area contributed by atoms with Crippen molar-refractivity contribution < 1.29 is 14.6 Å². The second-order valence-electron chi connectivity index (χ2n) is 5.15. The van der Waals surface area contributed by atoms with Gasteiger partial charge in [-0.05, 0) is 48.4 Å². The zero-order valence-corrected chi connectivity index (χ0v) is 14.0. The van der Waals surface area contributed by atoms with E-state index in [4.69, 9.17) is 21.4 Å². The normalized spacial score (nSPS) is 10.7. The molecule has 2 rings (SSSR count). The van der Waals surface area contributed by atoms with Gasteiger partial charge in [-0.25, -0.2) is 0 Å². The number of carbonyl (C=O) groups is 1. The highest BCUT2D eigenvalue weighted by Gasteiger charge is 2.05. The summed E-state index contributed by atoms with van der Waals surface area (Å²) >= 11 is 6.10. The fraction of sp³-hybridized carbons (Fsp3) is 0.150. The van der Waals surface area contributed by atoms with Gasteiger partial charge in [-0.1, -0.05) is 47.7 Å². The van der Waals surface area contributed by atoms with E-state index in [1.165, 1.54) is 0 Å². The van der Waals surface area contributed by atoms with Crippen LogP contribution >= 0.6 is 11.6 Å². The third-order valence-electron chi connectivity index (χ3n) is 3.16. The fourth-order valence-electron chi connectivity index (χ4n) is 1.95. The molecule has 0 aliphatic rings. The maximum Gasteiger partial charge on any atom is 0.307 e. The van der Waals surface area contributed by atoms with E-state index in [-0.39, 0.29) is 6.42 Å².